The summed E-state index contributed by atoms with van der Waals surface area (Å²) in [7, 11) is 0. The van der Waals surface area contributed by atoms with Crippen LogP contribution in [0.2, 0.25) is 0 Å². The van der Waals surface area contributed by atoms with Gasteiger partial charge in [-0.15, -0.1) is 0 Å². The van der Waals surface area contributed by atoms with Gasteiger partial charge in [0, 0.05) is 0 Å². The average molecular weight is 238 g/mol. The van der Waals surface area contributed by atoms with Crippen LogP contribution in [0.5, 0.6) is 0 Å². The van der Waals surface area contributed by atoms with Crippen molar-refractivity contribution in [1.29, 1.82) is 0 Å². The van der Waals surface area contributed by atoms with E-state index in [0.717, 1.165) is 19.3 Å². The van der Waals surface area contributed by atoms with Gasteiger partial charge in [-0.2, -0.15) is 0 Å². The minimum atomic E-state index is -0.0662. The Kier molecular flexibility index (Phi) is 8.42. The lowest BCUT2D eigenvalue weighted by atomic mass is 10.0. The predicted octanol–water partition coefficient (Wildman–Crippen LogP) is 4.99. The molecule has 0 aliphatic heterocycles. The molecule has 1 heteroatoms. The van der Waals surface area contributed by atoms with Crippen LogP contribution in [0, 0.1) is 0 Å². The maximum Gasteiger partial charge on any atom is 0.0543 e. The third kappa shape index (κ3) is 8.43. The first-order valence-corrected chi connectivity index (χ1v) is 7.63. The second kappa shape index (κ2) is 9.70. The largest absolute Gasteiger partial charge is 0.393 e. The molecule has 17 heavy (non-hydrogen) atoms. The van der Waals surface area contributed by atoms with E-state index in [0.29, 0.717) is 0 Å². The number of aliphatic hydroxyl groups is 1. The van der Waals surface area contributed by atoms with Gasteiger partial charge in [0.2, 0.25) is 0 Å². The first kappa shape index (κ1) is 14.8. The zero-order chi connectivity index (χ0) is 12.3. The van der Waals surface area contributed by atoms with Gasteiger partial charge in [-0.25, -0.2) is 0 Å². The maximum atomic E-state index is 9.87. The molecule has 1 atom stereocenters. The quantitative estimate of drug-likeness (QED) is 0.590. The zero-order valence-corrected chi connectivity index (χ0v) is 11.6. The topological polar surface area (TPSA) is 20.2 Å². The molecule has 0 aromatic carbocycles. The second-order valence-corrected chi connectivity index (χ2v) is 5.65. The number of rotatable bonds is 0. The van der Waals surface area contributed by atoms with Gasteiger partial charge >= 0.3 is 0 Å². The summed E-state index contributed by atoms with van der Waals surface area (Å²) in [4.78, 5) is 0. The SMILES string of the molecule is C/C1=C\CCCCCCCCCCC(O)CC1. The van der Waals surface area contributed by atoms with Crippen LogP contribution >= 0.6 is 0 Å². The Morgan fingerprint density at radius 2 is 1.47 bits per heavy atom. The van der Waals surface area contributed by atoms with Crippen LogP contribution in [0.4, 0.5) is 0 Å². The van der Waals surface area contributed by atoms with E-state index in [4.69, 9.17) is 0 Å². The molecule has 1 aliphatic rings. The van der Waals surface area contributed by atoms with Crippen LogP contribution in [0.25, 0.3) is 0 Å². The van der Waals surface area contributed by atoms with Crippen LogP contribution in [-0.2, 0) is 0 Å². The van der Waals surface area contributed by atoms with Crippen molar-refractivity contribution in [3.8, 4) is 0 Å². The van der Waals surface area contributed by atoms with Crippen molar-refractivity contribution >= 4 is 0 Å². The fourth-order valence-electron chi connectivity index (χ4n) is 2.57. The lowest BCUT2D eigenvalue weighted by molar-refractivity contribution is 0.151. The van der Waals surface area contributed by atoms with E-state index in [9.17, 15) is 5.11 Å². The van der Waals surface area contributed by atoms with E-state index in [2.05, 4.69) is 13.0 Å². The summed E-state index contributed by atoms with van der Waals surface area (Å²) in [5, 5.41) is 9.87. The Balaban J connectivity index is 2.29. The van der Waals surface area contributed by atoms with E-state index in [1.54, 1.807) is 0 Å². The Bertz CT molecular complexity index is 208. The molecule has 0 aromatic heterocycles. The van der Waals surface area contributed by atoms with Crippen LogP contribution in [0.1, 0.15) is 84.0 Å². The Hall–Kier alpha value is -0.300. The lowest BCUT2D eigenvalue weighted by Gasteiger charge is -2.10. The minimum absolute atomic E-state index is 0.0662. The Morgan fingerprint density at radius 3 is 2.18 bits per heavy atom. The van der Waals surface area contributed by atoms with Gasteiger partial charge in [0.25, 0.3) is 0 Å². The van der Waals surface area contributed by atoms with Crippen molar-refractivity contribution in [2.24, 2.45) is 0 Å². The van der Waals surface area contributed by atoms with Crippen molar-refractivity contribution in [3.05, 3.63) is 11.6 Å². The molecular formula is C16H30O. The van der Waals surface area contributed by atoms with Crippen LogP contribution in [0.3, 0.4) is 0 Å². The second-order valence-electron chi connectivity index (χ2n) is 5.65. The molecule has 0 saturated carbocycles. The number of aliphatic hydroxyl groups excluding tert-OH is 1. The molecule has 100 valence electrons. The van der Waals surface area contributed by atoms with Gasteiger partial charge in [0.1, 0.15) is 0 Å². The van der Waals surface area contributed by atoms with Crippen molar-refractivity contribution in [1.82, 2.24) is 0 Å². The lowest BCUT2D eigenvalue weighted by Crippen LogP contribution is -2.06. The first-order chi connectivity index (χ1) is 8.29. The summed E-state index contributed by atoms with van der Waals surface area (Å²) in [6.07, 6.45) is 17.5. The molecule has 1 N–H and O–H groups in total. The molecule has 0 spiro atoms. The first-order valence-electron chi connectivity index (χ1n) is 7.63. The van der Waals surface area contributed by atoms with Gasteiger partial charge in [0.05, 0.1) is 6.10 Å². The summed E-state index contributed by atoms with van der Waals surface area (Å²) in [5.74, 6) is 0. The molecule has 0 fully saturated rings. The molecule has 0 radical (unpaired) electrons. The fourth-order valence-corrected chi connectivity index (χ4v) is 2.57. The van der Waals surface area contributed by atoms with Gasteiger partial charge in [0.15, 0.2) is 0 Å². The average Bonchev–Trinajstić information content (AvgIpc) is 2.33. The highest BCUT2D eigenvalue weighted by atomic mass is 16.3. The van der Waals surface area contributed by atoms with Gasteiger partial charge < -0.3 is 5.11 Å². The smallest absolute Gasteiger partial charge is 0.0543 e. The molecule has 0 bridgehead atoms. The van der Waals surface area contributed by atoms with Gasteiger partial charge in [-0.3, -0.25) is 0 Å². The third-order valence-electron chi connectivity index (χ3n) is 3.86. The fraction of sp³-hybridized carbons (Fsp3) is 0.875. The molecular weight excluding hydrogens is 208 g/mol. The monoisotopic (exact) mass is 238 g/mol. The summed E-state index contributed by atoms with van der Waals surface area (Å²) in [6.45, 7) is 2.21. The summed E-state index contributed by atoms with van der Waals surface area (Å²) < 4.78 is 0. The highest BCUT2D eigenvalue weighted by molar-refractivity contribution is 4.98. The van der Waals surface area contributed by atoms with E-state index in [1.807, 2.05) is 0 Å². The Morgan fingerprint density at radius 1 is 0.882 bits per heavy atom. The summed E-state index contributed by atoms with van der Waals surface area (Å²) in [6, 6.07) is 0. The molecule has 0 heterocycles. The molecule has 1 aliphatic carbocycles. The maximum absolute atomic E-state index is 9.87. The van der Waals surface area contributed by atoms with E-state index in [-0.39, 0.29) is 6.10 Å². The van der Waals surface area contributed by atoms with Gasteiger partial charge in [-0.1, -0.05) is 56.6 Å². The molecule has 1 rings (SSSR count). The summed E-state index contributed by atoms with van der Waals surface area (Å²) in [5.41, 5.74) is 1.47. The van der Waals surface area contributed by atoms with E-state index in [1.165, 1.54) is 63.4 Å². The van der Waals surface area contributed by atoms with Crippen molar-refractivity contribution < 1.29 is 5.11 Å². The molecule has 0 saturated heterocycles. The number of hydrogen-bond acceptors (Lipinski definition) is 1. The van der Waals surface area contributed by atoms with Crippen LogP contribution in [0.15, 0.2) is 11.6 Å². The third-order valence-corrected chi connectivity index (χ3v) is 3.86. The van der Waals surface area contributed by atoms with Crippen LogP contribution in [-0.4, -0.2) is 11.2 Å². The number of allylic oxidation sites excluding steroid dienone is 2. The minimum Gasteiger partial charge on any atom is -0.393 e. The summed E-state index contributed by atoms with van der Waals surface area (Å²) >= 11 is 0. The zero-order valence-electron chi connectivity index (χ0n) is 11.6. The highest BCUT2D eigenvalue weighted by Gasteiger charge is 2.04. The normalized spacial score (nSPS) is 29.8. The predicted molar refractivity (Wildman–Crippen MR) is 75.2 cm³/mol. The molecule has 1 unspecified atom stereocenters. The molecule has 1 nitrogen and oxygen atoms in total. The van der Waals surface area contributed by atoms with E-state index < -0.39 is 0 Å². The Labute approximate surface area is 107 Å². The number of hydrogen-bond donors (Lipinski definition) is 1. The highest BCUT2D eigenvalue weighted by Crippen LogP contribution is 2.16. The van der Waals surface area contributed by atoms with E-state index >= 15 is 0 Å². The molecule has 0 aromatic rings. The standard InChI is InChI=1S/C16H30O/c1-15-11-9-7-5-3-2-4-6-8-10-12-16(17)14-13-15/h11,16-17H,2-10,12-14H2,1H3/b15-11+. The van der Waals surface area contributed by atoms with Crippen molar-refractivity contribution in [2.45, 2.75) is 90.1 Å². The van der Waals surface area contributed by atoms with Crippen LogP contribution < -0.4 is 0 Å². The van der Waals surface area contributed by atoms with Gasteiger partial charge in [-0.05, 0) is 39.0 Å². The molecule has 0 amide bonds. The van der Waals surface area contributed by atoms with Crippen molar-refractivity contribution in [2.75, 3.05) is 0 Å². The van der Waals surface area contributed by atoms with Crippen molar-refractivity contribution in [3.63, 3.8) is 0 Å².